The van der Waals surface area contributed by atoms with Crippen molar-refractivity contribution in [3.05, 3.63) is 29.8 Å². The number of carboxylic acids is 1. The molecule has 0 bridgehead atoms. The highest BCUT2D eigenvalue weighted by molar-refractivity contribution is 5.69. The number of carbonyl (C=O) groups is 1. The van der Waals surface area contributed by atoms with Crippen LogP contribution < -0.4 is 4.74 Å². The summed E-state index contributed by atoms with van der Waals surface area (Å²) in [7, 11) is 0. The largest absolute Gasteiger partial charge is 0.493 e. The molecule has 0 amide bonds. The Balaban J connectivity index is 1.85. The fourth-order valence-electron chi connectivity index (χ4n) is 2.77. The molecular formula is C16H23NO3. The van der Waals surface area contributed by atoms with Crippen LogP contribution in [0.5, 0.6) is 5.75 Å². The van der Waals surface area contributed by atoms with Gasteiger partial charge >= 0.3 is 5.97 Å². The molecule has 0 spiro atoms. The quantitative estimate of drug-likeness (QED) is 0.867. The second-order valence-electron chi connectivity index (χ2n) is 5.41. The van der Waals surface area contributed by atoms with Crippen LogP contribution in [0.25, 0.3) is 0 Å². The molecule has 1 aromatic rings. The Kier molecular flexibility index (Phi) is 5.41. The molecule has 110 valence electrons. The van der Waals surface area contributed by atoms with E-state index >= 15 is 0 Å². The number of nitrogens with zero attached hydrogens (tertiary/aromatic N) is 1. The van der Waals surface area contributed by atoms with E-state index in [1.165, 1.54) is 5.56 Å². The van der Waals surface area contributed by atoms with Crippen molar-refractivity contribution in [2.24, 2.45) is 5.92 Å². The van der Waals surface area contributed by atoms with Gasteiger partial charge in [-0.2, -0.15) is 0 Å². The number of hydrogen-bond acceptors (Lipinski definition) is 3. The summed E-state index contributed by atoms with van der Waals surface area (Å²) >= 11 is 0. The van der Waals surface area contributed by atoms with Crippen molar-refractivity contribution in [3.63, 3.8) is 0 Å². The Morgan fingerprint density at radius 3 is 3.00 bits per heavy atom. The van der Waals surface area contributed by atoms with Gasteiger partial charge in [-0.1, -0.05) is 25.1 Å². The van der Waals surface area contributed by atoms with E-state index in [0.717, 1.165) is 38.1 Å². The van der Waals surface area contributed by atoms with Crippen LogP contribution in [0, 0.1) is 5.92 Å². The number of carboxylic acid groups (broad SMARTS) is 1. The van der Waals surface area contributed by atoms with Crippen LogP contribution >= 0.6 is 0 Å². The van der Waals surface area contributed by atoms with Crippen LogP contribution in [0.1, 0.15) is 25.3 Å². The summed E-state index contributed by atoms with van der Waals surface area (Å²) in [4.78, 5) is 12.8. The third kappa shape index (κ3) is 4.23. The Bertz CT molecular complexity index is 447. The fourth-order valence-corrected chi connectivity index (χ4v) is 2.77. The molecule has 0 aromatic heterocycles. The molecule has 1 saturated heterocycles. The highest BCUT2D eigenvalue weighted by atomic mass is 16.5. The SMILES string of the molecule is CCc1ccccc1OCC1CCCN(CC(=O)O)C1. The first-order valence-corrected chi connectivity index (χ1v) is 7.34. The monoisotopic (exact) mass is 277 g/mol. The zero-order valence-corrected chi connectivity index (χ0v) is 12.0. The van der Waals surface area contributed by atoms with Gasteiger partial charge in [-0.25, -0.2) is 0 Å². The number of rotatable bonds is 6. The smallest absolute Gasteiger partial charge is 0.317 e. The van der Waals surface area contributed by atoms with E-state index in [4.69, 9.17) is 9.84 Å². The first-order valence-electron chi connectivity index (χ1n) is 7.34. The molecule has 1 fully saturated rings. The highest BCUT2D eigenvalue weighted by Gasteiger charge is 2.22. The number of hydrogen-bond donors (Lipinski definition) is 1. The predicted octanol–water partition coefficient (Wildman–Crippen LogP) is 2.42. The number of likely N-dealkylation sites (tertiary alicyclic amines) is 1. The Labute approximate surface area is 120 Å². The lowest BCUT2D eigenvalue weighted by molar-refractivity contribution is -0.138. The average molecular weight is 277 g/mol. The van der Waals surface area contributed by atoms with Crippen LogP contribution in [-0.4, -0.2) is 42.2 Å². The lowest BCUT2D eigenvalue weighted by Gasteiger charge is -2.31. The predicted molar refractivity (Wildman–Crippen MR) is 78.1 cm³/mol. The summed E-state index contributed by atoms with van der Waals surface area (Å²) in [6.07, 6.45) is 3.13. The normalized spacial score (nSPS) is 19.8. The molecule has 1 aromatic carbocycles. The van der Waals surface area contributed by atoms with Crippen molar-refractivity contribution in [1.82, 2.24) is 4.90 Å². The van der Waals surface area contributed by atoms with E-state index in [2.05, 4.69) is 13.0 Å². The van der Waals surface area contributed by atoms with Crippen LogP contribution in [0.15, 0.2) is 24.3 Å². The summed E-state index contributed by atoms with van der Waals surface area (Å²) in [6.45, 7) is 4.64. The summed E-state index contributed by atoms with van der Waals surface area (Å²) in [5.41, 5.74) is 1.23. The first-order chi connectivity index (χ1) is 9.69. The maximum Gasteiger partial charge on any atom is 0.317 e. The summed E-state index contributed by atoms with van der Waals surface area (Å²) in [5, 5.41) is 8.86. The lowest BCUT2D eigenvalue weighted by atomic mass is 9.99. The van der Waals surface area contributed by atoms with Crippen molar-refractivity contribution >= 4 is 5.97 Å². The number of benzene rings is 1. The molecule has 2 rings (SSSR count). The minimum atomic E-state index is -0.747. The van der Waals surface area contributed by atoms with Crippen LogP contribution in [0.2, 0.25) is 0 Å². The Hall–Kier alpha value is -1.55. The third-order valence-electron chi connectivity index (χ3n) is 3.79. The molecular weight excluding hydrogens is 254 g/mol. The van der Waals surface area contributed by atoms with E-state index in [1.807, 2.05) is 23.1 Å². The minimum Gasteiger partial charge on any atom is -0.493 e. The van der Waals surface area contributed by atoms with Gasteiger partial charge < -0.3 is 9.84 Å². The molecule has 4 nitrogen and oxygen atoms in total. The first kappa shape index (κ1) is 14.9. The average Bonchev–Trinajstić information content (AvgIpc) is 2.45. The second kappa shape index (κ2) is 7.29. The standard InChI is InChI=1S/C16H23NO3/c1-2-14-7-3-4-8-15(14)20-12-13-6-5-9-17(10-13)11-16(18)19/h3-4,7-8,13H,2,5-6,9-12H2,1H3,(H,18,19). The molecule has 0 aliphatic carbocycles. The molecule has 1 aliphatic rings. The molecule has 4 heteroatoms. The maximum absolute atomic E-state index is 10.8. The molecule has 1 N–H and O–H groups in total. The maximum atomic E-state index is 10.8. The van der Waals surface area contributed by atoms with E-state index in [-0.39, 0.29) is 6.54 Å². The summed E-state index contributed by atoms with van der Waals surface area (Å²) in [5.74, 6) is 0.640. The van der Waals surface area contributed by atoms with E-state index in [1.54, 1.807) is 0 Å². The van der Waals surface area contributed by atoms with Crippen molar-refractivity contribution in [1.29, 1.82) is 0 Å². The Morgan fingerprint density at radius 1 is 1.45 bits per heavy atom. The number of aryl methyl sites for hydroxylation is 1. The number of para-hydroxylation sites is 1. The van der Waals surface area contributed by atoms with Crippen molar-refractivity contribution in [2.75, 3.05) is 26.2 Å². The van der Waals surface area contributed by atoms with Crippen LogP contribution in [0.4, 0.5) is 0 Å². The van der Waals surface area contributed by atoms with Gasteiger partial charge in [0.1, 0.15) is 5.75 Å². The molecule has 0 radical (unpaired) electrons. The van der Waals surface area contributed by atoms with Crippen LogP contribution in [-0.2, 0) is 11.2 Å². The summed E-state index contributed by atoms with van der Waals surface area (Å²) < 4.78 is 5.95. The molecule has 1 atom stereocenters. The molecule has 1 heterocycles. The second-order valence-corrected chi connectivity index (χ2v) is 5.41. The molecule has 20 heavy (non-hydrogen) atoms. The van der Waals surface area contributed by atoms with E-state index in [0.29, 0.717) is 12.5 Å². The van der Waals surface area contributed by atoms with Gasteiger partial charge in [-0.3, -0.25) is 9.69 Å². The van der Waals surface area contributed by atoms with E-state index < -0.39 is 5.97 Å². The van der Waals surface area contributed by atoms with Crippen LogP contribution in [0.3, 0.4) is 0 Å². The van der Waals surface area contributed by atoms with Crippen molar-refractivity contribution < 1.29 is 14.6 Å². The zero-order chi connectivity index (χ0) is 14.4. The minimum absolute atomic E-state index is 0.141. The van der Waals surface area contributed by atoms with Gasteiger partial charge in [0.25, 0.3) is 0 Å². The zero-order valence-electron chi connectivity index (χ0n) is 12.0. The topological polar surface area (TPSA) is 49.8 Å². The van der Waals surface area contributed by atoms with Crippen molar-refractivity contribution in [3.8, 4) is 5.75 Å². The molecule has 1 unspecified atom stereocenters. The van der Waals surface area contributed by atoms with Gasteiger partial charge in [-0.15, -0.1) is 0 Å². The van der Waals surface area contributed by atoms with Gasteiger partial charge in [0.2, 0.25) is 0 Å². The van der Waals surface area contributed by atoms with Gasteiger partial charge in [0.05, 0.1) is 13.2 Å². The number of ether oxygens (including phenoxy) is 1. The van der Waals surface area contributed by atoms with Crippen molar-refractivity contribution in [2.45, 2.75) is 26.2 Å². The van der Waals surface area contributed by atoms with Gasteiger partial charge in [0, 0.05) is 12.5 Å². The number of aliphatic carboxylic acids is 1. The highest BCUT2D eigenvalue weighted by Crippen LogP contribution is 2.22. The molecule has 0 saturated carbocycles. The van der Waals surface area contributed by atoms with Gasteiger partial charge in [0.15, 0.2) is 0 Å². The fraction of sp³-hybridized carbons (Fsp3) is 0.562. The van der Waals surface area contributed by atoms with E-state index in [9.17, 15) is 4.79 Å². The van der Waals surface area contributed by atoms with Gasteiger partial charge in [-0.05, 0) is 37.4 Å². The summed E-state index contributed by atoms with van der Waals surface area (Å²) in [6, 6.07) is 8.12. The Morgan fingerprint density at radius 2 is 2.25 bits per heavy atom. The third-order valence-corrected chi connectivity index (χ3v) is 3.79. The lowest BCUT2D eigenvalue weighted by Crippen LogP contribution is -2.40. The molecule has 1 aliphatic heterocycles. The number of piperidine rings is 1.